The van der Waals surface area contributed by atoms with E-state index in [1.165, 1.54) is 18.2 Å². The predicted octanol–water partition coefficient (Wildman–Crippen LogP) is 0.991. The molecule has 0 fully saturated rings. The molecule has 17 heavy (non-hydrogen) atoms. The summed E-state index contributed by atoms with van der Waals surface area (Å²) in [4.78, 5) is 22.7. The molecule has 1 aromatic carbocycles. The molecule has 0 bridgehead atoms. The van der Waals surface area contributed by atoms with Crippen LogP contribution in [0.2, 0.25) is 0 Å². The number of benzene rings is 1. The van der Waals surface area contributed by atoms with Gasteiger partial charge in [0.1, 0.15) is 5.75 Å². The summed E-state index contributed by atoms with van der Waals surface area (Å²) in [5.41, 5.74) is -1.84. The highest BCUT2D eigenvalue weighted by atomic mass is 16.5. The largest absolute Gasteiger partial charge is 0.506 e. The Morgan fingerprint density at radius 2 is 2.06 bits per heavy atom. The summed E-state index contributed by atoms with van der Waals surface area (Å²) < 4.78 is 9.12. The van der Waals surface area contributed by atoms with Crippen LogP contribution in [0.5, 0.6) is 11.5 Å². The third kappa shape index (κ3) is 1.59. The van der Waals surface area contributed by atoms with Crippen molar-refractivity contribution in [3.8, 4) is 11.5 Å². The Hall–Kier alpha value is -2.50. The molecule has 0 saturated carbocycles. The maximum atomic E-state index is 11.5. The minimum atomic E-state index is -1.07. The molecule has 2 rings (SSSR count). The van der Waals surface area contributed by atoms with Crippen molar-refractivity contribution in [2.45, 2.75) is 0 Å². The van der Waals surface area contributed by atoms with Gasteiger partial charge in [-0.05, 0) is 12.1 Å². The van der Waals surface area contributed by atoms with E-state index in [0.717, 1.165) is 7.11 Å². The molecule has 0 radical (unpaired) electrons. The van der Waals surface area contributed by atoms with Gasteiger partial charge in [-0.2, -0.15) is 0 Å². The fourth-order valence-corrected chi connectivity index (χ4v) is 1.48. The number of phenolic OH excluding ortho intramolecular Hbond substituents is 1. The molecule has 6 nitrogen and oxygen atoms in total. The molecular formula is C11H8O6. The van der Waals surface area contributed by atoms with Crippen molar-refractivity contribution in [1.82, 2.24) is 0 Å². The molecule has 0 amide bonds. The molecule has 1 heterocycles. The van der Waals surface area contributed by atoms with E-state index in [1.807, 2.05) is 0 Å². The SMILES string of the molecule is COC(=O)c1c(O)c2cccc(O)c2oc1=O. The highest BCUT2D eigenvalue weighted by Crippen LogP contribution is 2.31. The number of ether oxygens (including phenoxy) is 1. The first-order valence-electron chi connectivity index (χ1n) is 4.62. The van der Waals surface area contributed by atoms with E-state index in [2.05, 4.69) is 4.74 Å². The number of fused-ring (bicyclic) bond motifs is 1. The Morgan fingerprint density at radius 1 is 1.35 bits per heavy atom. The second-order valence-corrected chi connectivity index (χ2v) is 3.26. The number of carbonyl (C=O) groups excluding carboxylic acids is 1. The third-order valence-electron chi connectivity index (χ3n) is 2.27. The number of methoxy groups -OCH3 is 1. The standard InChI is InChI=1S/C11H8O6/c1-16-10(14)7-8(13)5-3-2-4-6(12)9(5)17-11(7)15/h2-4,12-13H,1H3. The minimum Gasteiger partial charge on any atom is -0.506 e. The molecule has 0 aliphatic heterocycles. The quantitative estimate of drug-likeness (QED) is 0.566. The maximum Gasteiger partial charge on any atom is 0.355 e. The molecule has 0 aliphatic rings. The Balaban J connectivity index is 2.91. The lowest BCUT2D eigenvalue weighted by Gasteiger charge is -2.05. The monoisotopic (exact) mass is 236 g/mol. The van der Waals surface area contributed by atoms with Crippen molar-refractivity contribution < 1.29 is 24.2 Å². The van der Waals surface area contributed by atoms with Gasteiger partial charge in [0, 0.05) is 0 Å². The second-order valence-electron chi connectivity index (χ2n) is 3.26. The van der Waals surface area contributed by atoms with Gasteiger partial charge in [0.25, 0.3) is 0 Å². The second kappa shape index (κ2) is 3.82. The zero-order valence-electron chi connectivity index (χ0n) is 8.76. The summed E-state index contributed by atoms with van der Waals surface area (Å²) in [6.45, 7) is 0. The molecule has 0 saturated heterocycles. The van der Waals surface area contributed by atoms with Gasteiger partial charge >= 0.3 is 11.6 Å². The van der Waals surface area contributed by atoms with Gasteiger partial charge in [-0.15, -0.1) is 0 Å². The number of phenols is 1. The van der Waals surface area contributed by atoms with E-state index >= 15 is 0 Å². The number of esters is 1. The van der Waals surface area contributed by atoms with Gasteiger partial charge in [-0.25, -0.2) is 9.59 Å². The van der Waals surface area contributed by atoms with Crippen LogP contribution in [0, 0.1) is 0 Å². The number of hydrogen-bond acceptors (Lipinski definition) is 6. The molecule has 2 N–H and O–H groups in total. The van der Waals surface area contributed by atoms with E-state index in [1.54, 1.807) is 0 Å². The Morgan fingerprint density at radius 3 is 2.71 bits per heavy atom. The molecule has 1 aromatic heterocycles. The normalized spacial score (nSPS) is 10.4. The summed E-state index contributed by atoms with van der Waals surface area (Å²) >= 11 is 0. The molecule has 0 aliphatic carbocycles. The number of aromatic hydroxyl groups is 2. The number of para-hydroxylation sites is 1. The topological polar surface area (TPSA) is 97.0 Å². The zero-order chi connectivity index (χ0) is 12.6. The molecular weight excluding hydrogens is 228 g/mol. The average molecular weight is 236 g/mol. The molecule has 0 unspecified atom stereocenters. The first-order valence-corrected chi connectivity index (χ1v) is 4.62. The fourth-order valence-electron chi connectivity index (χ4n) is 1.48. The summed E-state index contributed by atoms with van der Waals surface area (Å²) in [5.74, 6) is -1.87. The predicted molar refractivity (Wildman–Crippen MR) is 57.2 cm³/mol. The van der Waals surface area contributed by atoms with Crippen molar-refractivity contribution in [2.24, 2.45) is 0 Å². The van der Waals surface area contributed by atoms with E-state index in [0.29, 0.717) is 0 Å². The molecule has 0 spiro atoms. The molecule has 88 valence electrons. The average Bonchev–Trinajstić information content (AvgIpc) is 2.30. The van der Waals surface area contributed by atoms with E-state index in [9.17, 15) is 19.8 Å². The van der Waals surface area contributed by atoms with Crippen LogP contribution < -0.4 is 5.63 Å². The lowest BCUT2D eigenvalue weighted by Crippen LogP contribution is -2.15. The van der Waals surface area contributed by atoms with E-state index in [-0.39, 0.29) is 16.7 Å². The highest BCUT2D eigenvalue weighted by Gasteiger charge is 2.22. The lowest BCUT2D eigenvalue weighted by atomic mass is 10.1. The van der Waals surface area contributed by atoms with E-state index in [4.69, 9.17) is 4.42 Å². The van der Waals surface area contributed by atoms with Crippen LogP contribution in [0.3, 0.4) is 0 Å². The van der Waals surface area contributed by atoms with Gasteiger partial charge in [0.2, 0.25) is 0 Å². The number of carbonyl (C=O) groups is 1. The Bertz CT molecular complexity index is 655. The van der Waals surface area contributed by atoms with Gasteiger partial charge in [-0.1, -0.05) is 6.07 Å². The maximum absolute atomic E-state index is 11.5. The van der Waals surface area contributed by atoms with Gasteiger partial charge < -0.3 is 19.4 Å². The van der Waals surface area contributed by atoms with Crippen LogP contribution >= 0.6 is 0 Å². The first kappa shape index (κ1) is 11.0. The summed E-state index contributed by atoms with van der Waals surface area (Å²) in [5, 5.41) is 19.3. The van der Waals surface area contributed by atoms with Gasteiger partial charge in [0.05, 0.1) is 12.5 Å². The van der Waals surface area contributed by atoms with Crippen LogP contribution in [0.4, 0.5) is 0 Å². The summed E-state index contributed by atoms with van der Waals surface area (Å²) in [6, 6.07) is 4.14. The summed E-state index contributed by atoms with van der Waals surface area (Å²) in [7, 11) is 1.08. The van der Waals surface area contributed by atoms with Crippen molar-refractivity contribution >= 4 is 16.9 Å². The van der Waals surface area contributed by atoms with Crippen molar-refractivity contribution in [1.29, 1.82) is 0 Å². The molecule has 2 aromatic rings. The van der Waals surface area contributed by atoms with Gasteiger partial charge in [0.15, 0.2) is 16.9 Å². The van der Waals surface area contributed by atoms with Crippen LogP contribution in [0.25, 0.3) is 11.0 Å². The molecule has 6 heteroatoms. The van der Waals surface area contributed by atoms with Crippen LogP contribution in [0.1, 0.15) is 10.4 Å². The number of rotatable bonds is 1. The Labute approximate surface area is 94.7 Å². The lowest BCUT2D eigenvalue weighted by molar-refractivity contribution is 0.0592. The third-order valence-corrected chi connectivity index (χ3v) is 2.27. The van der Waals surface area contributed by atoms with Crippen molar-refractivity contribution in [2.75, 3.05) is 7.11 Å². The first-order chi connectivity index (χ1) is 8.06. The smallest absolute Gasteiger partial charge is 0.355 e. The summed E-state index contributed by atoms with van der Waals surface area (Å²) in [6.07, 6.45) is 0. The number of hydrogen-bond donors (Lipinski definition) is 2. The van der Waals surface area contributed by atoms with Crippen molar-refractivity contribution in [3.63, 3.8) is 0 Å². The van der Waals surface area contributed by atoms with Crippen LogP contribution in [-0.2, 0) is 4.74 Å². The van der Waals surface area contributed by atoms with Crippen molar-refractivity contribution in [3.05, 3.63) is 34.2 Å². The highest BCUT2D eigenvalue weighted by molar-refractivity contribution is 5.99. The minimum absolute atomic E-state index is 0.0602. The Kier molecular flexibility index (Phi) is 2.47. The van der Waals surface area contributed by atoms with E-state index < -0.39 is 22.9 Å². The fraction of sp³-hybridized carbons (Fsp3) is 0.0909. The molecule has 0 atom stereocenters. The van der Waals surface area contributed by atoms with Crippen LogP contribution in [0.15, 0.2) is 27.4 Å². The van der Waals surface area contributed by atoms with Gasteiger partial charge in [-0.3, -0.25) is 0 Å². The van der Waals surface area contributed by atoms with Crippen LogP contribution in [-0.4, -0.2) is 23.3 Å². The zero-order valence-corrected chi connectivity index (χ0v) is 8.76.